The van der Waals surface area contributed by atoms with Gasteiger partial charge in [-0.05, 0) is 12.1 Å². The minimum atomic E-state index is -1.33. The minimum Gasteiger partial charge on any atom is -0.478 e. The van der Waals surface area contributed by atoms with Gasteiger partial charge in [-0.2, -0.15) is 0 Å². The van der Waals surface area contributed by atoms with Gasteiger partial charge in [-0.3, -0.25) is 0 Å². The lowest BCUT2D eigenvalue weighted by atomic mass is 10.2. The summed E-state index contributed by atoms with van der Waals surface area (Å²) in [6, 6.07) is 1.78. The highest BCUT2D eigenvalue weighted by Gasteiger charge is 2.16. The van der Waals surface area contributed by atoms with Gasteiger partial charge in [-0.15, -0.1) is 6.42 Å². The van der Waals surface area contributed by atoms with E-state index in [2.05, 4.69) is 5.92 Å². The second kappa shape index (κ2) is 4.67. The highest BCUT2D eigenvalue weighted by atomic mass is 35.5. The summed E-state index contributed by atoms with van der Waals surface area (Å²) in [6.07, 6.45) is 4.94. The number of hydrogen-bond donors (Lipinski definition) is 1. The molecule has 0 heterocycles. The number of benzene rings is 1. The van der Waals surface area contributed by atoms with Gasteiger partial charge in [0.15, 0.2) is 5.75 Å². The van der Waals surface area contributed by atoms with Gasteiger partial charge in [0.2, 0.25) is 0 Å². The molecule has 0 spiro atoms. The Morgan fingerprint density at radius 2 is 2.33 bits per heavy atom. The average molecular weight is 229 g/mol. The first-order valence-corrected chi connectivity index (χ1v) is 4.22. The van der Waals surface area contributed by atoms with Gasteiger partial charge >= 0.3 is 5.97 Å². The molecule has 15 heavy (non-hydrogen) atoms. The maximum atomic E-state index is 12.8. The molecule has 78 valence electrons. The van der Waals surface area contributed by atoms with Crippen LogP contribution in [0.1, 0.15) is 10.4 Å². The highest BCUT2D eigenvalue weighted by molar-refractivity contribution is 6.32. The number of aromatic carboxylic acids is 1. The zero-order valence-corrected chi connectivity index (χ0v) is 8.21. The molecule has 0 unspecified atom stereocenters. The van der Waals surface area contributed by atoms with E-state index >= 15 is 0 Å². The summed E-state index contributed by atoms with van der Waals surface area (Å²) in [5, 5.41) is 8.63. The van der Waals surface area contributed by atoms with E-state index < -0.39 is 11.8 Å². The molecule has 0 bridgehead atoms. The molecule has 0 radical (unpaired) electrons. The number of halogens is 2. The molecule has 1 aromatic carbocycles. The van der Waals surface area contributed by atoms with Crippen LogP contribution in [0.3, 0.4) is 0 Å². The molecule has 1 rings (SSSR count). The van der Waals surface area contributed by atoms with Crippen LogP contribution in [0.5, 0.6) is 5.75 Å². The standard InChI is InChI=1S/C10H6ClFO3/c1-2-3-15-9-7(10(13)14)4-6(12)5-8(9)11/h1,4-5H,3H2,(H,13,14). The van der Waals surface area contributed by atoms with Gasteiger partial charge in [0, 0.05) is 0 Å². The highest BCUT2D eigenvalue weighted by Crippen LogP contribution is 2.30. The summed E-state index contributed by atoms with van der Waals surface area (Å²) in [5.41, 5.74) is -0.352. The van der Waals surface area contributed by atoms with Crippen molar-refractivity contribution in [3.8, 4) is 18.1 Å². The Bertz CT molecular complexity index is 437. The van der Waals surface area contributed by atoms with Gasteiger partial charge in [-0.1, -0.05) is 17.5 Å². The first-order chi connectivity index (χ1) is 7.06. The van der Waals surface area contributed by atoms with Crippen LogP contribution in [0, 0.1) is 18.2 Å². The Labute approximate surface area is 90.4 Å². The van der Waals surface area contributed by atoms with E-state index in [-0.39, 0.29) is 22.9 Å². The molecule has 1 aromatic rings. The Kier molecular flexibility index (Phi) is 3.53. The first kappa shape index (κ1) is 11.3. The van der Waals surface area contributed by atoms with Crippen LogP contribution in [0.25, 0.3) is 0 Å². The average Bonchev–Trinajstić information content (AvgIpc) is 2.15. The molecule has 0 aromatic heterocycles. The molecule has 0 saturated carbocycles. The Hall–Kier alpha value is -1.73. The molecule has 5 heteroatoms. The topological polar surface area (TPSA) is 46.5 Å². The van der Waals surface area contributed by atoms with Crippen LogP contribution in [0.15, 0.2) is 12.1 Å². The van der Waals surface area contributed by atoms with E-state index in [4.69, 9.17) is 27.9 Å². The fourth-order valence-corrected chi connectivity index (χ4v) is 1.24. The van der Waals surface area contributed by atoms with Crippen molar-refractivity contribution in [2.75, 3.05) is 6.61 Å². The smallest absolute Gasteiger partial charge is 0.339 e. The zero-order chi connectivity index (χ0) is 11.4. The van der Waals surface area contributed by atoms with Gasteiger partial charge in [-0.25, -0.2) is 9.18 Å². The van der Waals surface area contributed by atoms with Gasteiger partial charge in [0.05, 0.1) is 5.02 Å². The molecule has 0 aliphatic rings. The fraction of sp³-hybridized carbons (Fsp3) is 0.100. The van der Waals surface area contributed by atoms with Crippen molar-refractivity contribution in [3.63, 3.8) is 0 Å². The summed E-state index contributed by atoms with van der Waals surface area (Å²) in [5.74, 6) is -0.0402. The van der Waals surface area contributed by atoms with Gasteiger partial charge < -0.3 is 9.84 Å². The van der Waals surface area contributed by atoms with Crippen LogP contribution < -0.4 is 4.74 Å². The molecule has 0 fully saturated rings. The van der Waals surface area contributed by atoms with Gasteiger partial charge in [0.1, 0.15) is 18.0 Å². The second-order valence-corrected chi connectivity index (χ2v) is 2.97. The molecule has 0 saturated heterocycles. The quantitative estimate of drug-likeness (QED) is 0.807. The number of hydrogen-bond acceptors (Lipinski definition) is 2. The summed E-state index contributed by atoms with van der Waals surface area (Å²) < 4.78 is 17.8. The molecule has 3 nitrogen and oxygen atoms in total. The lowest BCUT2D eigenvalue weighted by Gasteiger charge is -2.08. The van der Waals surface area contributed by atoms with Crippen LogP contribution in [0.4, 0.5) is 4.39 Å². The molecule has 0 atom stereocenters. The van der Waals surface area contributed by atoms with Crippen molar-refractivity contribution in [1.82, 2.24) is 0 Å². The van der Waals surface area contributed by atoms with Crippen LogP contribution >= 0.6 is 11.6 Å². The predicted molar refractivity (Wildman–Crippen MR) is 52.7 cm³/mol. The number of ether oxygens (including phenoxy) is 1. The van der Waals surface area contributed by atoms with Crippen molar-refractivity contribution < 1.29 is 19.0 Å². The van der Waals surface area contributed by atoms with E-state index in [1.165, 1.54) is 0 Å². The minimum absolute atomic E-state index is 0.122. The number of carboxylic acid groups (broad SMARTS) is 1. The SMILES string of the molecule is C#CCOc1c(Cl)cc(F)cc1C(=O)O. The summed E-state index contributed by atoms with van der Waals surface area (Å²) in [6.45, 7) is -0.133. The first-order valence-electron chi connectivity index (χ1n) is 3.85. The summed E-state index contributed by atoms with van der Waals surface area (Å²) in [4.78, 5) is 10.7. The van der Waals surface area contributed by atoms with Crippen LogP contribution in [-0.2, 0) is 0 Å². The van der Waals surface area contributed by atoms with E-state index in [0.717, 1.165) is 12.1 Å². The molecule has 0 aliphatic heterocycles. The summed E-state index contributed by atoms with van der Waals surface area (Å²) >= 11 is 5.62. The lowest BCUT2D eigenvalue weighted by Crippen LogP contribution is -2.04. The molecular weight excluding hydrogens is 223 g/mol. The number of rotatable bonds is 3. The molecular formula is C10H6ClFO3. The van der Waals surface area contributed by atoms with Crippen molar-refractivity contribution in [2.45, 2.75) is 0 Å². The number of terminal acetylenes is 1. The van der Waals surface area contributed by atoms with Crippen molar-refractivity contribution in [1.29, 1.82) is 0 Å². The van der Waals surface area contributed by atoms with Gasteiger partial charge in [0.25, 0.3) is 0 Å². The number of carboxylic acids is 1. The Balaban J connectivity index is 3.22. The monoisotopic (exact) mass is 228 g/mol. The van der Waals surface area contributed by atoms with Crippen molar-refractivity contribution in [2.24, 2.45) is 0 Å². The fourth-order valence-electron chi connectivity index (χ4n) is 0.980. The van der Waals surface area contributed by atoms with E-state index in [1.54, 1.807) is 0 Å². The van der Waals surface area contributed by atoms with E-state index in [1.807, 2.05) is 0 Å². The third kappa shape index (κ3) is 2.61. The predicted octanol–water partition coefficient (Wildman–Crippen LogP) is 2.19. The van der Waals surface area contributed by atoms with E-state index in [0.29, 0.717) is 0 Å². The van der Waals surface area contributed by atoms with E-state index in [9.17, 15) is 9.18 Å². The normalized spacial score (nSPS) is 9.40. The van der Waals surface area contributed by atoms with Crippen molar-refractivity contribution in [3.05, 3.63) is 28.5 Å². The molecule has 1 N–H and O–H groups in total. The maximum Gasteiger partial charge on any atom is 0.339 e. The Morgan fingerprint density at radius 1 is 1.67 bits per heavy atom. The zero-order valence-electron chi connectivity index (χ0n) is 7.46. The third-order valence-corrected chi connectivity index (χ3v) is 1.82. The van der Waals surface area contributed by atoms with Crippen LogP contribution in [-0.4, -0.2) is 17.7 Å². The lowest BCUT2D eigenvalue weighted by molar-refractivity contribution is 0.0692. The summed E-state index contributed by atoms with van der Waals surface area (Å²) in [7, 11) is 0. The van der Waals surface area contributed by atoms with Crippen LogP contribution in [0.2, 0.25) is 5.02 Å². The third-order valence-electron chi connectivity index (χ3n) is 1.54. The number of carbonyl (C=O) groups is 1. The van der Waals surface area contributed by atoms with Crippen molar-refractivity contribution >= 4 is 17.6 Å². The molecule has 0 amide bonds. The maximum absolute atomic E-state index is 12.8. The second-order valence-electron chi connectivity index (χ2n) is 2.56. The molecule has 0 aliphatic carbocycles. The largest absolute Gasteiger partial charge is 0.478 e. The Morgan fingerprint density at radius 3 is 2.87 bits per heavy atom.